The number of anilines is 2. The third-order valence-corrected chi connectivity index (χ3v) is 7.89. The Bertz CT molecular complexity index is 1250. The van der Waals surface area contributed by atoms with Crippen molar-refractivity contribution in [2.45, 2.75) is 12.1 Å². The zero-order valence-corrected chi connectivity index (χ0v) is 20.0. The van der Waals surface area contributed by atoms with Crippen LogP contribution in [0.4, 0.5) is 11.4 Å². The first-order chi connectivity index (χ1) is 16.4. The number of hydrogen-bond donors (Lipinski definition) is 3. The van der Waals surface area contributed by atoms with Gasteiger partial charge in [0.2, 0.25) is 5.91 Å². The summed E-state index contributed by atoms with van der Waals surface area (Å²) in [6.45, 7) is 0. The number of rotatable bonds is 9. The second-order valence-electron chi connectivity index (χ2n) is 7.86. The van der Waals surface area contributed by atoms with Crippen LogP contribution < -0.4 is 16.4 Å². The number of carboxylic acid groups (broad SMARTS) is 1. The van der Waals surface area contributed by atoms with E-state index in [4.69, 9.17) is 16.6 Å². The van der Waals surface area contributed by atoms with Gasteiger partial charge in [-0.05, 0) is 45.8 Å². The molecule has 4 rings (SSSR count). The van der Waals surface area contributed by atoms with E-state index in [0.29, 0.717) is 5.75 Å². The lowest BCUT2D eigenvalue weighted by molar-refractivity contribution is -0.137. The Morgan fingerprint density at radius 2 is 1.15 bits per heavy atom. The second kappa shape index (κ2) is 10.9. The molecule has 4 aromatic carbocycles. The molecule has 8 heteroatoms. The molecule has 0 aliphatic carbocycles. The zero-order valence-electron chi connectivity index (χ0n) is 18.3. The smallest absolute Gasteiger partial charge is 0.321 e. The van der Waals surface area contributed by atoms with Crippen LogP contribution in [-0.4, -0.2) is 40.6 Å². The van der Waals surface area contributed by atoms with Gasteiger partial charge in [0.05, 0.1) is 6.04 Å². The lowest BCUT2D eigenvalue weighted by Gasteiger charge is -2.26. The van der Waals surface area contributed by atoms with Crippen molar-refractivity contribution in [2.75, 3.05) is 16.4 Å². The molecule has 174 valence electrons. The molecule has 0 bridgehead atoms. The van der Waals surface area contributed by atoms with Crippen LogP contribution in [0.25, 0.3) is 21.5 Å². The Morgan fingerprint density at radius 3 is 1.62 bits per heavy atom. The van der Waals surface area contributed by atoms with Gasteiger partial charge in [0, 0.05) is 22.9 Å². The number of benzene rings is 4. The van der Waals surface area contributed by atoms with Crippen LogP contribution in [0.15, 0.2) is 84.9 Å². The summed E-state index contributed by atoms with van der Waals surface area (Å²) in [4.78, 5) is 26.2. The van der Waals surface area contributed by atoms with Gasteiger partial charge in [-0.1, -0.05) is 82.3 Å². The summed E-state index contributed by atoms with van der Waals surface area (Å²) in [7, 11) is 2.65. The molecule has 0 fully saturated rings. The van der Waals surface area contributed by atoms with Gasteiger partial charge in [-0.15, -0.1) is 0 Å². The van der Waals surface area contributed by atoms with Crippen molar-refractivity contribution in [1.82, 2.24) is 0 Å². The molecule has 0 heterocycles. The number of carbonyl (C=O) groups excluding carboxylic acids is 1. The molecule has 0 aromatic heterocycles. The zero-order chi connectivity index (χ0) is 24.1. The molecule has 34 heavy (non-hydrogen) atoms. The maximum atomic E-state index is 13.6. The lowest BCUT2D eigenvalue weighted by Crippen LogP contribution is -2.43. The van der Waals surface area contributed by atoms with Crippen molar-refractivity contribution in [2.24, 2.45) is 11.5 Å². The first-order valence-corrected chi connectivity index (χ1v) is 13.2. The van der Waals surface area contributed by atoms with Gasteiger partial charge < -0.3 is 16.6 Å². The Labute approximate surface area is 205 Å². The van der Waals surface area contributed by atoms with Crippen molar-refractivity contribution >= 4 is 66.4 Å². The molecule has 4 aromatic rings. The number of aliphatic carboxylic acids is 1. The van der Waals surface area contributed by atoms with Crippen molar-refractivity contribution in [1.29, 1.82) is 0 Å². The fourth-order valence-electron chi connectivity index (χ4n) is 3.59. The highest BCUT2D eigenvalue weighted by Crippen LogP contribution is 2.32. The predicted octanol–water partition coefficient (Wildman–Crippen LogP) is 4.78. The highest BCUT2D eigenvalue weighted by molar-refractivity contribution is 8.76. The van der Waals surface area contributed by atoms with Gasteiger partial charge in [0.1, 0.15) is 6.04 Å². The van der Waals surface area contributed by atoms with Gasteiger partial charge >= 0.3 is 5.97 Å². The Morgan fingerprint density at radius 1 is 0.706 bits per heavy atom. The fourth-order valence-corrected chi connectivity index (χ4v) is 5.81. The van der Waals surface area contributed by atoms with Gasteiger partial charge in [-0.3, -0.25) is 14.5 Å². The molecule has 6 nitrogen and oxygen atoms in total. The van der Waals surface area contributed by atoms with Gasteiger partial charge in [0.15, 0.2) is 0 Å². The molecule has 0 unspecified atom stereocenters. The average Bonchev–Trinajstić information content (AvgIpc) is 2.86. The van der Waals surface area contributed by atoms with E-state index in [-0.39, 0.29) is 11.7 Å². The fraction of sp³-hybridized carbons (Fsp3) is 0.154. The molecule has 0 aliphatic heterocycles. The highest BCUT2D eigenvalue weighted by Gasteiger charge is 2.25. The molecule has 1 amide bonds. The number of carboxylic acids is 1. The lowest BCUT2D eigenvalue weighted by atomic mass is 10.1. The summed E-state index contributed by atoms with van der Waals surface area (Å²) >= 11 is 0. The first kappa shape index (κ1) is 24.1. The Hall–Kier alpha value is -3.04. The van der Waals surface area contributed by atoms with E-state index in [2.05, 4.69) is 0 Å². The highest BCUT2D eigenvalue weighted by atomic mass is 33.1. The molecule has 0 saturated carbocycles. The number of fused-ring (bicyclic) bond motifs is 2. The summed E-state index contributed by atoms with van der Waals surface area (Å²) in [5.41, 5.74) is 13.3. The van der Waals surface area contributed by atoms with Crippen molar-refractivity contribution in [3.63, 3.8) is 0 Å². The molecule has 5 N–H and O–H groups in total. The van der Waals surface area contributed by atoms with Crippen LogP contribution >= 0.6 is 21.6 Å². The summed E-state index contributed by atoms with van der Waals surface area (Å²) in [6.07, 6.45) is 0. The normalized spacial score (nSPS) is 13.0. The van der Waals surface area contributed by atoms with Gasteiger partial charge in [-0.2, -0.15) is 0 Å². The number of amides is 1. The standard InChI is InChI=1S/C26H25N3O3S2/c27-23(15-33-34-16-24(28)26(31)32)25(30)29(21-11-9-17-5-1-3-7-19(17)13-21)22-12-10-18-6-2-4-8-20(18)14-22/h1-14,23-24H,15-16,27-28H2,(H,31,32)/t23-,24-/m0/s1. The van der Waals surface area contributed by atoms with Crippen LogP contribution in [0, 0.1) is 0 Å². The second-order valence-corrected chi connectivity index (χ2v) is 10.4. The quantitative estimate of drug-likeness (QED) is 0.228. The van der Waals surface area contributed by atoms with Crippen LogP contribution in [0.5, 0.6) is 0 Å². The van der Waals surface area contributed by atoms with E-state index in [1.807, 2.05) is 84.9 Å². The average molecular weight is 492 g/mol. The Kier molecular flexibility index (Phi) is 7.74. The van der Waals surface area contributed by atoms with E-state index in [0.717, 1.165) is 32.9 Å². The number of hydrogen-bond acceptors (Lipinski definition) is 6. The maximum absolute atomic E-state index is 13.6. The summed E-state index contributed by atoms with van der Waals surface area (Å²) in [5.74, 6) is -0.721. The van der Waals surface area contributed by atoms with E-state index in [9.17, 15) is 9.59 Å². The SMILES string of the molecule is N[C@@H](CSSC[C@H](N)C(=O)N(c1ccc2ccccc2c1)c1ccc2ccccc2c1)C(=O)O. The maximum Gasteiger partial charge on any atom is 0.321 e. The summed E-state index contributed by atoms with van der Waals surface area (Å²) in [5, 5.41) is 13.1. The number of carbonyl (C=O) groups is 2. The van der Waals surface area contributed by atoms with Crippen LogP contribution in [0.2, 0.25) is 0 Å². The Balaban J connectivity index is 1.62. The predicted molar refractivity (Wildman–Crippen MR) is 144 cm³/mol. The van der Waals surface area contributed by atoms with E-state index in [1.54, 1.807) is 4.90 Å². The van der Waals surface area contributed by atoms with Crippen LogP contribution in [0.3, 0.4) is 0 Å². The molecule has 0 aliphatic rings. The molecular weight excluding hydrogens is 466 g/mol. The molecule has 0 saturated heterocycles. The number of nitrogens with two attached hydrogens (primary N) is 2. The van der Waals surface area contributed by atoms with E-state index in [1.165, 1.54) is 21.6 Å². The summed E-state index contributed by atoms with van der Waals surface area (Å²) < 4.78 is 0. The topological polar surface area (TPSA) is 110 Å². The minimum atomic E-state index is -1.05. The minimum Gasteiger partial charge on any atom is -0.480 e. The van der Waals surface area contributed by atoms with Crippen LogP contribution in [-0.2, 0) is 9.59 Å². The van der Waals surface area contributed by atoms with Crippen LogP contribution in [0.1, 0.15) is 0 Å². The largest absolute Gasteiger partial charge is 0.480 e. The molecule has 0 radical (unpaired) electrons. The van der Waals surface area contributed by atoms with Gasteiger partial charge in [-0.25, -0.2) is 0 Å². The monoisotopic (exact) mass is 491 g/mol. The number of nitrogens with zero attached hydrogens (tertiary/aromatic N) is 1. The molecule has 0 spiro atoms. The third kappa shape index (κ3) is 5.53. The first-order valence-electron chi connectivity index (χ1n) is 10.7. The molecular formula is C26H25N3O3S2. The van der Waals surface area contributed by atoms with Crippen molar-refractivity contribution in [3.05, 3.63) is 84.9 Å². The van der Waals surface area contributed by atoms with E-state index >= 15 is 0 Å². The van der Waals surface area contributed by atoms with Gasteiger partial charge in [0.25, 0.3) is 0 Å². The van der Waals surface area contributed by atoms with Crippen molar-refractivity contribution < 1.29 is 14.7 Å². The van der Waals surface area contributed by atoms with E-state index < -0.39 is 18.1 Å². The minimum absolute atomic E-state index is 0.235. The van der Waals surface area contributed by atoms with Crippen molar-refractivity contribution in [3.8, 4) is 0 Å². The molecule has 2 atom stereocenters. The third-order valence-electron chi connectivity index (χ3n) is 5.42. The summed E-state index contributed by atoms with van der Waals surface area (Å²) in [6, 6.07) is 26.1.